The highest BCUT2D eigenvalue weighted by molar-refractivity contribution is 5.53. The predicted octanol–water partition coefficient (Wildman–Crippen LogP) is 2.87. The van der Waals surface area contributed by atoms with E-state index >= 15 is 0 Å². The fraction of sp³-hybridized carbons (Fsp3) is 0.368. The van der Waals surface area contributed by atoms with Crippen molar-refractivity contribution in [3.05, 3.63) is 59.9 Å². The van der Waals surface area contributed by atoms with Gasteiger partial charge in [-0.25, -0.2) is 9.97 Å². The Labute approximate surface area is 147 Å². The first kappa shape index (κ1) is 15.9. The van der Waals surface area contributed by atoms with Crippen LogP contribution in [0.1, 0.15) is 36.7 Å². The smallest absolute Gasteiger partial charge is 0.160 e. The Morgan fingerprint density at radius 1 is 1.20 bits per heavy atom. The minimum absolute atomic E-state index is 0.398. The van der Waals surface area contributed by atoms with Gasteiger partial charge in [-0.3, -0.25) is 14.6 Å². The molecule has 0 saturated carbocycles. The molecule has 0 aliphatic carbocycles. The highest BCUT2D eigenvalue weighted by Crippen LogP contribution is 2.21. The van der Waals surface area contributed by atoms with Gasteiger partial charge in [0.2, 0.25) is 0 Å². The van der Waals surface area contributed by atoms with Crippen molar-refractivity contribution in [2.75, 3.05) is 6.54 Å². The molecule has 0 atom stereocenters. The average Bonchev–Trinajstić information content (AvgIpc) is 3.11. The Kier molecular flexibility index (Phi) is 4.28. The summed E-state index contributed by atoms with van der Waals surface area (Å²) in [5.41, 5.74) is 4.59. The molecule has 25 heavy (non-hydrogen) atoms. The molecule has 1 aliphatic heterocycles. The van der Waals surface area contributed by atoms with Gasteiger partial charge in [0.05, 0.1) is 11.9 Å². The second kappa shape index (κ2) is 6.72. The molecule has 0 amide bonds. The van der Waals surface area contributed by atoms with Crippen molar-refractivity contribution in [1.29, 1.82) is 0 Å². The molecule has 128 valence electrons. The lowest BCUT2D eigenvalue weighted by molar-refractivity contribution is 0.243. The zero-order chi connectivity index (χ0) is 17.2. The lowest BCUT2D eigenvalue weighted by atomic mass is 10.1. The Morgan fingerprint density at radius 3 is 2.88 bits per heavy atom. The van der Waals surface area contributed by atoms with Crippen LogP contribution in [0.3, 0.4) is 0 Å². The Morgan fingerprint density at radius 2 is 2.12 bits per heavy atom. The molecule has 1 aliphatic rings. The van der Waals surface area contributed by atoms with Gasteiger partial charge in [-0.15, -0.1) is 0 Å². The van der Waals surface area contributed by atoms with Crippen LogP contribution in [0.25, 0.3) is 11.4 Å². The van der Waals surface area contributed by atoms with Gasteiger partial charge in [0.25, 0.3) is 0 Å². The normalized spacial score (nSPS) is 14.7. The van der Waals surface area contributed by atoms with E-state index in [9.17, 15) is 0 Å². The summed E-state index contributed by atoms with van der Waals surface area (Å²) in [7, 11) is 0. The van der Waals surface area contributed by atoms with E-state index in [1.807, 2.05) is 35.4 Å². The Hall–Kier alpha value is -2.60. The molecule has 0 fully saturated rings. The molecule has 0 spiro atoms. The van der Waals surface area contributed by atoms with E-state index in [4.69, 9.17) is 4.98 Å². The van der Waals surface area contributed by atoms with Crippen LogP contribution in [0.2, 0.25) is 0 Å². The van der Waals surface area contributed by atoms with Crippen LogP contribution < -0.4 is 0 Å². The molecule has 0 aromatic carbocycles. The molecule has 4 rings (SSSR count). The SMILES string of the molecule is CC(C)n1cc(CN2CCc3nc(-c4cccnc4)ncc3C2)cn1. The molecule has 3 aromatic rings. The van der Waals surface area contributed by atoms with Crippen LogP contribution in [0, 0.1) is 0 Å². The van der Waals surface area contributed by atoms with Crippen molar-refractivity contribution in [1.82, 2.24) is 29.6 Å². The molecule has 6 heteroatoms. The zero-order valence-electron chi connectivity index (χ0n) is 14.6. The fourth-order valence-electron chi connectivity index (χ4n) is 3.14. The third-order valence-electron chi connectivity index (χ3n) is 4.52. The second-order valence-corrected chi connectivity index (χ2v) is 6.79. The second-order valence-electron chi connectivity index (χ2n) is 6.79. The summed E-state index contributed by atoms with van der Waals surface area (Å²) in [4.78, 5) is 15.9. The first-order valence-electron chi connectivity index (χ1n) is 8.69. The number of hydrogen-bond acceptors (Lipinski definition) is 5. The van der Waals surface area contributed by atoms with E-state index in [2.05, 4.69) is 40.0 Å². The predicted molar refractivity (Wildman–Crippen MR) is 95.7 cm³/mol. The molecule has 4 heterocycles. The minimum Gasteiger partial charge on any atom is -0.294 e. The maximum Gasteiger partial charge on any atom is 0.160 e. The topological polar surface area (TPSA) is 59.7 Å². The average molecular weight is 334 g/mol. The van der Waals surface area contributed by atoms with Gasteiger partial charge in [0.15, 0.2) is 5.82 Å². The number of pyridine rings is 1. The van der Waals surface area contributed by atoms with Gasteiger partial charge in [-0.2, -0.15) is 5.10 Å². The summed E-state index contributed by atoms with van der Waals surface area (Å²) in [6.45, 7) is 7.09. The maximum atomic E-state index is 4.76. The lowest BCUT2D eigenvalue weighted by Crippen LogP contribution is -2.30. The van der Waals surface area contributed by atoms with Crippen LogP contribution in [0.5, 0.6) is 0 Å². The molecule has 0 bridgehead atoms. The minimum atomic E-state index is 0.398. The standard InChI is InChI=1S/C19H22N6/c1-14(2)25-12-15(8-22-25)11-24-7-5-18-17(13-24)10-21-19(23-18)16-4-3-6-20-9-16/h3-4,6,8-10,12,14H,5,7,11,13H2,1-2H3. The summed E-state index contributed by atoms with van der Waals surface area (Å²) in [6.07, 6.45) is 10.6. The summed E-state index contributed by atoms with van der Waals surface area (Å²) in [6, 6.07) is 4.31. The van der Waals surface area contributed by atoms with Crippen molar-refractivity contribution in [2.24, 2.45) is 0 Å². The number of aromatic nitrogens is 5. The monoisotopic (exact) mass is 334 g/mol. The number of fused-ring (bicyclic) bond motifs is 1. The largest absolute Gasteiger partial charge is 0.294 e. The highest BCUT2D eigenvalue weighted by Gasteiger charge is 2.19. The molecule has 0 unspecified atom stereocenters. The molecular formula is C19H22N6. The van der Waals surface area contributed by atoms with Crippen LogP contribution in [0.15, 0.2) is 43.1 Å². The van der Waals surface area contributed by atoms with Crippen molar-refractivity contribution in [3.8, 4) is 11.4 Å². The number of rotatable bonds is 4. The van der Waals surface area contributed by atoms with Gasteiger partial charge < -0.3 is 0 Å². The first-order valence-corrected chi connectivity index (χ1v) is 8.69. The summed E-state index contributed by atoms with van der Waals surface area (Å²) in [5, 5.41) is 4.43. The maximum absolute atomic E-state index is 4.76. The van der Waals surface area contributed by atoms with Crippen molar-refractivity contribution in [3.63, 3.8) is 0 Å². The van der Waals surface area contributed by atoms with Gasteiger partial charge >= 0.3 is 0 Å². The van der Waals surface area contributed by atoms with E-state index in [0.29, 0.717) is 6.04 Å². The third-order valence-corrected chi connectivity index (χ3v) is 4.52. The van der Waals surface area contributed by atoms with E-state index in [1.165, 1.54) is 11.1 Å². The number of hydrogen-bond donors (Lipinski definition) is 0. The third kappa shape index (κ3) is 3.44. The van der Waals surface area contributed by atoms with Crippen LogP contribution in [-0.2, 0) is 19.5 Å². The molecule has 0 saturated heterocycles. The van der Waals surface area contributed by atoms with Crippen molar-refractivity contribution in [2.45, 2.75) is 39.4 Å². The van der Waals surface area contributed by atoms with E-state index < -0.39 is 0 Å². The molecule has 6 nitrogen and oxygen atoms in total. The lowest BCUT2D eigenvalue weighted by Gasteiger charge is -2.27. The molecular weight excluding hydrogens is 312 g/mol. The van der Waals surface area contributed by atoms with Gasteiger partial charge in [0.1, 0.15) is 0 Å². The van der Waals surface area contributed by atoms with Crippen LogP contribution >= 0.6 is 0 Å². The van der Waals surface area contributed by atoms with Crippen molar-refractivity contribution < 1.29 is 0 Å². The Balaban J connectivity index is 1.48. The van der Waals surface area contributed by atoms with E-state index in [1.54, 1.807) is 6.20 Å². The van der Waals surface area contributed by atoms with Gasteiger partial charge in [0, 0.05) is 73.6 Å². The van der Waals surface area contributed by atoms with E-state index in [-0.39, 0.29) is 0 Å². The molecule has 0 N–H and O–H groups in total. The highest BCUT2D eigenvalue weighted by atomic mass is 15.3. The van der Waals surface area contributed by atoms with Crippen LogP contribution in [-0.4, -0.2) is 36.2 Å². The van der Waals surface area contributed by atoms with Gasteiger partial charge in [-0.05, 0) is 26.0 Å². The van der Waals surface area contributed by atoms with Crippen molar-refractivity contribution >= 4 is 0 Å². The summed E-state index contributed by atoms with van der Waals surface area (Å²) < 4.78 is 2.01. The first-order chi connectivity index (χ1) is 12.2. The van der Waals surface area contributed by atoms with E-state index in [0.717, 1.165) is 43.1 Å². The summed E-state index contributed by atoms with van der Waals surface area (Å²) >= 11 is 0. The zero-order valence-corrected chi connectivity index (χ0v) is 14.6. The van der Waals surface area contributed by atoms with Crippen LogP contribution in [0.4, 0.5) is 0 Å². The van der Waals surface area contributed by atoms with Gasteiger partial charge in [-0.1, -0.05) is 0 Å². The fourth-order valence-corrected chi connectivity index (χ4v) is 3.14. The summed E-state index contributed by atoms with van der Waals surface area (Å²) in [5.74, 6) is 0.763. The molecule has 0 radical (unpaired) electrons. The molecule has 3 aromatic heterocycles. The number of nitrogens with zero attached hydrogens (tertiary/aromatic N) is 6. The quantitative estimate of drug-likeness (QED) is 0.734. The Bertz CT molecular complexity index is 855.